The summed E-state index contributed by atoms with van der Waals surface area (Å²) in [7, 11) is 1.58. The molecule has 0 fully saturated rings. The van der Waals surface area contributed by atoms with E-state index in [9.17, 15) is 9.59 Å². The maximum Gasteiger partial charge on any atom is 0.340 e. The van der Waals surface area contributed by atoms with Crippen LogP contribution in [0.3, 0.4) is 0 Å². The molecule has 0 atom stereocenters. The molecule has 1 N–H and O–H groups in total. The van der Waals surface area contributed by atoms with Crippen LogP contribution in [0.4, 0.5) is 0 Å². The number of hydrogen-bond donors (Lipinski definition) is 1. The number of nitrogens with one attached hydrogen (secondary N) is 1. The quantitative estimate of drug-likeness (QED) is 0.819. The Bertz CT molecular complexity index is 644. The molecular weight excluding hydrogens is 284 g/mol. The standard InChI is InChI=1S/C16H16N2O4/c1-21-14-6-2-4-12(8-14)9-18-15(19)11-22-16(20)13-5-3-7-17-10-13/h2-8,10H,9,11H2,1H3,(H,18,19). The number of carbonyl (C=O) groups is 2. The minimum Gasteiger partial charge on any atom is -0.497 e. The predicted octanol–water partition coefficient (Wildman–Crippen LogP) is 1.56. The van der Waals surface area contributed by atoms with Gasteiger partial charge in [-0.15, -0.1) is 0 Å². The van der Waals surface area contributed by atoms with Gasteiger partial charge in [0.05, 0.1) is 12.7 Å². The normalized spacial score (nSPS) is 9.86. The third kappa shape index (κ3) is 4.59. The molecule has 0 saturated heterocycles. The zero-order valence-electron chi connectivity index (χ0n) is 12.1. The Hall–Kier alpha value is -2.89. The van der Waals surface area contributed by atoms with Gasteiger partial charge in [-0.1, -0.05) is 12.1 Å². The third-order valence-corrected chi connectivity index (χ3v) is 2.86. The van der Waals surface area contributed by atoms with Gasteiger partial charge in [-0.25, -0.2) is 4.79 Å². The van der Waals surface area contributed by atoms with Crippen LogP contribution in [0.2, 0.25) is 0 Å². The Morgan fingerprint density at radius 1 is 1.23 bits per heavy atom. The number of carbonyl (C=O) groups excluding carboxylic acids is 2. The van der Waals surface area contributed by atoms with Crippen LogP contribution in [0, 0.1) is 0 Å². The fraction of sp³-hybridized carbons (Fsp3) is 0.188. The highest BCUT2D eigenvalue weighted by molar-refractivity contribution is 5.90. The molecule has 0 aliphatic heterocycles. The Morgan fingerprint density at radius 3 is 2.82 bits per heavy atom. The lowest BCUT2D eigenvalue weighted by Crippen LogP contribution is -2.28. The fourth-order valence-electron chi connectivity index (χ4n) is 1.73. The van der Waals surface area contributed by atoms with Crippen molar-refractivity contribution in [3.8, 4) is 5.75 Å². The SMILES string of the molecule is COc1cccc(CNC(=O)COC(=O)c2cccnc2)c1. The van der Waals surface area contributed by atoms with Gasteiger partial charge in [0.15, 0.2) is 6.61 Å². The Labute approximate surface area is 128 Å². The summed E-state index contributed by atoms with van der Waals surface area (Å²) in [5.74, 6) is -0.237. The van der Waals surface area contributed by atoms with Crippen molar-refractivity contribution in [2.75, 3.05) is 13.7 Å². The minimum atomic E-state index is -0.579. The molecule has 0 saturated carbocycles. The van der Waals surface area contributed by atoms with Gasteiger partial charge in [0.25, 0.3) is 5.91 Å². The first-order valence-electron chi connectivity index (χ1n) is 6.66. The molecule has 0 aliphatic rings. The lowest BCUT2D eigenvalue weighted by molar-refractivity contribution is -0.124. The molecule has 114 valence electrons. The van der Waals surface area contributed by atoms with Crippen LogP contribution in [0.5, 0.6) is 5.75 Å². The minimum absolute atomic E-state index is 0.308. The van der Waals surface area contributed by atoms with Gasteiger partial charge in [0.1, 0.15) is 5.75 Å². The number of amides is 1. The van der Waals surface area contributed by atoms with Crippen molar-refractivity contribution in [1.29, 1.82) is 0 Å². The van der Waals surface area contributed by atoms with Gasteiger partial charge < -0.3 is 14.8 Å². The van der Waals surface area contributed by atoms with Gasteiger partial charge >= 0.3 is 5.97 Å². The summed E-state index contributed by atoms with van der Waals surface area (Å²) in [6.45, 7) is -0.00181. The molecule has 6 nitrogen and oxygen atoms in total. The van der Waals surface area contributed by atoms with Crippen molar-refractivity contribution in [3.05, 3.63) is 59.9 Å². The van der Waals surface area contributed by atoms with E-state index in [1.54, 1.807) is 25.4 Å². The summed E-state index contributed by atoms with van der Waals surface area (Å²) in [6.07, 6.45) is 2.94. The fourth-order valence-corrected chi connectivity index (χ4v) is 1.73. The Morgan fingerprint density at radius 2 is 2.09 bits per heavy atom. The number of aromatic nitrogens is 1. The molecule has 0 aliphatic carbocycles. The lowest BCUT2D eigenvalue weighted by atomic mass is 10.2. The lowest BCUT2D eigenvalue weighted by Gasteiger charge is -2.07. The van der Waals surface area contributed by atoms with Crippen LogP contribution in [0.25, 0.3) is 0 Å². The number of ether oxygens (including phenoxy) is 2. The van der Waals surface area contributed by atoms with Crippen molar-refractivity contribution in [1.82, 2.24) is 10.3 Å². The van der Waals surface area contributed by atoms with Crippen molar-refractivity contribution in [2.24, 2.45) is 0 Å². The number of hydrogen-bond acceptors (Lipinski definition) is 5. The van der Waals surface area contributed by atoms with E-state index < -0.39 is 5.97 Å². The zero-order valence-corrected chi connectivity index (χ0v) is 12.1. The van der Waals surface area contributed by atoms with Gasteiger partial charge in [-0.2, -0.15) is 0 Å². The van der Waals surface area contributed by atoms with E-state index in [4.69, 9.17) is 9.47 Å². The van der Waals surface area contributed by atoms with Crippen LogP contribution < -0.4 is 10.1 Å². The summed E-state index contributed by atoms with van der Waals surface area (Å²) in [5.41, 5.74) is 1.20. The molecule has 2 aromatic rings. The summed E-state index contributed by atoms with van der Waals surface area (Å²) >= 11 is 0. The molecule has 0 bridgehead atoms. The van der Waals surface area contributed by atoms with E-state index in [0.717, 1.165) is 11.3 Å². The zero-order chi connectivity index (χ0) is 15.8. The van der Waals surface area contributed by atoms with Crippen molar-refractivity contribution in [3.63, 3.8) is 0 Å². The van der Waals surface area contributed by atoms with E-state index in [1.165, 1.54) is 6.20 Å². The van der Waals surface area contributed by atoms with Crippen LogP contribution >= 0.6 is 0 Å². The van der Waals surface area contributed by atoms with Gasteiger partial charge in [0.2, 0.25) is 0 Å². The highest BCUT2D eigenvalue weighted by atomic mass is 16.5. The number of esters is 1. The van der Waals surface area contributed by atoms with Gasteiger partial charge in [0, 0.05) is 18.9 Å². The molecule has 1 amide bonds. The highest BCUT2D eigenvalue weighted by Gasteiger charge is 2.09. The molecule has 22 heavy (non-hydrogen) atoms. The van der Waals surface area contributed by atoms with E-state index in [2.05, 4.69) is 10.3 Å². The predicted molar refractivity (Wildman–Crippen MR) is 79.4 cm³/mol. The molecule has 0 unspecified atom stereocenters. The number of pyridine rings is 1. The maximum atomic E-state index is 11.7. The maximum absolute atomic E-state index is 11.7. The third-order valence-electron chi connectivity index (χ3n) is 2.86. The van der Waals surface area contributed by atoms with E-state index in [1.807, 2.05) is 24.3 Å². The first kappa shape index (κ1) is 15.5. The smallest absolute Gasteiger partial charge is 0.340 e. The topological polar surface area (TPSA) is 77.5 Å². The van der Waals surface area contributed by atoms with Gasteiger partial charge in [-0.05, 0) is 29.8 Å². The summed E-state index contributed by atoms with van der Waals surface area (Å²) < 4.78 is 10.0. The Kier molecular flexibility index (Phi) is 5.48. The number of nitrogens with zero attached hydrogens (tertiary/aromatic N) is 1. The van der Waals surface area contributed by atoms with E-state index >= 15 is 0 Å². The highest BCUT2D eigenvalue weighted by Crippen LogP contribution is 2.12. The first-order chi connectivity index (χ1) is 10.7. The molecule has 1 heterocycles. The molecule has 1 aromatic carbocycles. The number of benzene rings is 1. The molecule has 0 spiro atoms. The molecule has 1 aromatic heterocycles. The summed E-state index contributed by atoms with van der Waals surface area (Å²) in [6, 6.07) is 10.5. The summed E-state index contributed by atoms with van der Waals surface area (Å²) in [4.78, 5) is 27.1. The second-order valence-corrected chi connectivity index (χ2v) is 4.45. The van der Waals surface area contributed by atoms with E-state index in [-0.39, 0.29) is 12.5 Å². The second-order valence-electron chi connectivity index (χ2n) is 4.45. The van der Waals surface area contributed by atoms with Crippen LogP contribution in [-0.4, -0.2) is 30.6 Å². The average molecular weight is 300 g/mol. The van der Waals surface area contributed by atoms with Crippen molar-refractivity contribution in [2.45, 2.75) is 6.54 Å². The second kappa shape index (κ2) is 7.78. The summed E-state index contributed by atoms with van der Waals surface area (Å²) in [5, 5.41) is 2.67. The Balaban J connectivity index is 1.77. The molecule has 0 radical (unpaired) electrons. The largest absolute Gasteiger partial charge is 0.497 e. The van der Waals surface area contributed by atoms with E-state index in [0.29, 0.717) is 12.1 Å². The molecule has 6 heteroatoms. The van der Waals surface area contributed by atoms with Crippen molar-refractivity contribution < 1.29 is 19.1 Å². The van der Waals surface area contributed by atoms with Crippen LogP contribution in [0.15, 0.2) is 48.8 Å². The molecule has 2 rings (SSSR count). The average Bonchev–Trinajstić information content (AvgIpc) is 2.58. The first-order valence-corrected chi connectivity index (χ1v) is 6.66. The number of rotatable bonds is 6. The number of methoxy groups -OCH3 is 1. The van der Waals surface area contributed by atoms with Crippen LogP contribution in [0.1, 0.15) is 15.9 Å². The monoisotopic (exact) mass is 300 g/mol. The van der Waals surface area contributed by atoms with Crippen molar-refractivity contribution >= 4 is 11.9 Å². The van der Waals surface area contributed by atoms with Gasteiger partial charge in [-0.3, -0.25) is 9.78 Å². The van der Waals surface area contributed by atoms with Crippen LogP contribution in [-0.2, 0) is 16.1 Å². The molecular formula is C16H16N2O4.